The van der Waals surface area contributed by atoms with Crippen molar-refractivity contribution in [1.82, 2.24) is 5.43 Å². The number of primary amides is 1. The second-order valence-corrected chi connectivity index (χ2v) is 2.28. The lowest BCUT2D eigenvalue weighted by molar-refractivity contribution is 0.249. The van der Waals surface area contributed by atoms with Crippen molar-refractivity contribution in [3.8, 4) is 0 Å². The number of nitrogens with one attached hydrogen (secondary N) is 1. The van der Waals surface area contributed by atoms with E-state index in [1.807, 2.05) is 0 Å². The van der Waals surface area contributed by atoms with Gasteiger partial charge in [0.1, 0.15) is 0 Å². The van der Waals surface area contributed by atoms with Crippen molar-refractivity contribution in [1.29, 1.82) is 0 Å². The smallest absolute Gasteiger partial charge is 0.332 e. The van der Waals surface area contributed by atoms with E-state index < -0.39 is 6.03 Å². The molecule has 0 unspecified atom stereocenters. The van der Waals surface area contributed by atoms with Crippen LogP contribution in [0.25, 0.3) is 0 Å². The molecule has 0 saturated carbocycles. The average Bonchev–Trinajstić information content (AvgIpc) is 1.96. The molecule has 11 heavy (non-hydrogen) atoms. The van der Waals surface area contributed by atoms with Crippen LogP contribution in [0, 0.1) is 0 Å². The largest absolute Gasteiger partial charge is 0.350 e. The predicted octanol–water partition coefficient (Wildman–Crippen LogP) is 1.22. The lowest BCUT2D eigenvalue weighted by Crippen LogP contribution is -2.24. The molecule has 2 amide bonds. The van der Waals surface area contributed by atoms with Crippen molar-refractivity contribution < 1.29 is 4.79 Å². The zero-order chi connectivity index (χ0) is 8.53. The van der Waals surface area contributed by atoms with E-state index in [-0.39, 0.29) is 0 Å². The maximum Gasteiger partial charge on any atom is 0.332 e. The van der Waals surface area contributed by atoms with Gasteiger partial charge in [-0.25, -0.2) is 10.2 Å². The minimum Gasteiger partial charge on any atom is -0.350 e. The molecule has 0 aliphatic carbocycles. The van der Waals surface area contributed by atoms with Gasteiger partial charge in [-0.2, -0.15) is 5.10 Å². The van der Waals surface area contributed by atoms with Crippen LogP contribution in [0.2, 0.25) is 0 Å². The first-order chi connectivity index (χ1) is 5.27. The summed E-state index contributed by atoms with van der Waals surface area (Å²) in [6, 6.07) is -0.614. The number of unbranched alkanes of at least 4 members (excludes halogenated alkanes) is 3. The van der Waals surface area contributed by atoms with Gasteiger partial charge in [0.05, 0.1) is 0 Å². The summed E-state index contributed by atoms with van der Waals surface area (Å²) < 4.78 is 0. The van der Waals surface area contributed by atoms with Crippen LogP contribution in [0.1, 0.15) is 32.6 Å². The molecule has 3 N–H and O–H groups in total. The summed E-state index contributed by atoms with van der Waals surface area (Å²) in [5.41, 5.74) is 6.90. The molecule has 0 aliphatic heterocycles. The maximum atomic E-state index is 10.1. The highest BCUT2D eigenvalue weighted by Gasteiger charge is 1.84. The molecular formula is C7H15N3O. The number of nitrogens with two attached hydrogens (primary N) is 1. The normalized spacial score (nSPS) is 10.3. The third kappa shape index (κ3) is 8.94. The molecule has 0 spiro atoms. The fourth-order valence-corrected chi connectivity index (χ4v) is 0.659. The molecule has 4 heteroatoms. The molecule has 64 valence electrons. The van der Waals surface area contributed by atoms with Gasteiger partial charge in [0, 0.05) is 6.21 Å². The highest BCUT2D eigenvalue weighted by Crippen LogP contribution is 1.95. The molecule has 0 heterocycles. The van der Waals surface area contributed by atoms with Crippen LogP contribution in [0.5, 0.6) is 0 Å². The summed E-state index contributed by atoms with van der Waals surface area (Å²) in [5, 5.41) is 3.59. The van der Waals surface area contributed by atoms with Crippen LogP contribution in [-0.4, -0.2) is 12.2 Å². The lowest BCUT2D eigenvalue weighted by atomic mass is 10.2. The number of amides is 2. The molecular weight excluding hydrogens is 142 g/mol. The van der Waals surface area contributed by atoms with Crippen molar-refractivity contribution in [2.75, 3.05) is 0 Å². The van der Waals surface area contributed by atoms with Crippen LogP contribution in [0.15, 0.2) is 5.10 Å². The topological polar surface area (TPSA) is 67.5 Å². The summed E-state index contributed by atoms with van der Waals surface area (Å²) in [4.78, 5) is 10.1. The molecule has 0 radical (unpaired) electrons. The third-order valence-corrected chi connectivity index (χ3v) is 1.20. The minimum atomic E-state index is -0.614. The summed E-state index contributed by atoms with van der Waals surface area (Å²) in [5.74, 6) is 0. The van der Waals surface area contributed by atoms with E-state index in [1.54, 1.807) is 6.21 Å². The molecule has 0 atom stereocenters. The maximum absolute atomic E-state index is 10.1. The molecule has 0 aromatic carbocycles. The number of nitrogens with zero attached hydrogens (tertiary/aromatic N) is 1. The Balaban J connectivity index is 3.10. The Labute approximate surface area is 66.8 Å². The van der Waals surface area contributed by atoms with Crippen LogP contribution in [0.3, 0.4) is 0 Å². The van der Waals surface area contributed by atoms with Crippen LogP contribution < -0.4 is 11.2 Å². The lowest BCUT2D eigenvalue weighted by Gasteiger charge is -1.91. The molecule has 0 fully saturated rings. The van der Waals surface area contributed by atoms with Crippen molar-refractivity contribution in [3.05, 3.63) is 0 Å². The zero-order valence-electron chi connectivity index (χ0n) is 6.84. The van der Waals surface area contributed by atoms with E-state index in [1.165, 1.54) is 12.8 Å². The number of rotatable bonds is 5. The van der Waals surface area contributed by atoms with Gasteiger partial charge >= 0.3 is 6.03 Å². The van der Waals surface area contributed by atoms with Gasteiger partial charge in [-0.15, -0.1) is 0 Å². The van der Waals surface area contributed by atoms with E-state index in [0.29, 0.717) is 0 Å². The number of carbonyl (C=O) groups is 1. The summed E-state index contributed by atoms with van der Waals surface area (Å²) in [7, 11) is 0. The van der Waals surface area contributed by atoms with Gasteiger partial charge in [0.25, 0.3) is 0 Å². The Bertz CT molecular complexity index is 134. The number of hydrogen-bond acceptors (Lipinski definition) is 2. The summed E-state index contributed by atoms with van der Waals surface area (Å²) in [6.07, 6.45) is 6.06. The van der Waals surface area contributed by atoms with Gasteiger partial charge in [0.2, 0.25) is 0 Å². The fraction of sp³-hybridized carbons (Fsp3) is 0.714. The van der Waals surface area contributed by atoms with Crippen LogP contribution >= 0.6 is 0 Å². The number of urea groups is 1. The molecule has 4 nitrogen and oxygen atoms in total. The highest BCUT2D eigenvalue weighted by atomic mass is 16.2. The SMILES string of the molecule is CCCCC/C=N/NC(N)=O. The molecule has 0 aliphatic rings. The second kappa shape index (κ2) is 7.05. The number of hydrazone groups is 1. The minimum absolute atomic E-state index is 0.614. The molecule has 0 bridgehead atoms. The number of hydrogen-bond donors (Lipinski definition) is 2. The van der Waals surface area contributed by atoms with Gasteiger partial charge in [-0.05, 0) is 12.8 Å². The zero-order valence-corrected chi connectivity index (χ0v) is 6.84. The van der Waals surface area contributed by atoms with Gasteiger partial charge < -0.3 is 5.73 Å². The van der Waals surface area contributed by atoms with Gasteiger partial charge in [-0.1, -0.05) is 19.8 Å². The van der Waals surface area contributed by atoms with E-state index in [4.69, 9.17) is 5.73 Å². The first-order valence-electron chi connectivity index (χ1n) is 3.84. The van der Waals surface area contributed by atoms with Crippen molar-refractivity contribution in [3.63, 3.8) is 0 Å². The Morgan fingerprint density at radius 2 is 2.36 bits per heavy atom. The molecule has 0 aromatic rings. The van der Waals surface area contributed by atoms with Crippen LogP contribution in [0.4, 0.5) is 4.79 Å². The Kier molecular flexibility index (Phi) is 6.37. The summed E-state index contributed by atoms with van der Waals surface area (Å²) >= 11 is 0. The van der Waals surface area contributed by atoms with Crippen LogP contribution in [-0.2, 0) is 0 Å². The van der Waals surface area contributed by atoms with E-state index in [0.717, 1.165) is 12.8 Å². The van der Waals surface area contributed by atoms with Gasteiger partial charge in [0.15, 0.2) is 0 Å². The third-order valence-electron chi connectivity index (χ3n) is 1.20. The first kappa shape index (κ1) is 9.94. The number of carbonyl (C=O) groups excluding carboxylic acids is 1. The van der Waals surface area contributed by atoms with Crippen molar-refractivity contribution in [2.24, 2.45) is 10.8 Å². The highest BCUT2D eigenvalue weighted by molar-refractivity contribution is 5.72. The van der Waals surface area contributed by atoms with Crippen molar-refractivity contribution in [2.45, 2.75) is 32.6 Å². The Hall–Kier alpha value is -1.06. The molecule has 0 aromatic heterocycles. The Morgan fingerprint density at radius 1 is 1.64 bits per heavy atom. The monoisotopic (exact) mass is 157 g/mol. The van der Waals surface area contributed by atoms with E-state index in [2.05, 4.69) is 17.5 Å². The molecule has 0 rings (SSSR count). The quantitative estimate of drug-likeness (QED) is 0.351. The Morgan fingerprint density at radius 3 is 2.91 bits per heavy atom. The van der Waals surface area contributed by atoms with Gasteiger partial charge in [-0.3, -0.25) is 0 Å². The average molecular weight is 157 g/mol. The molecule has 0 saturated heterocycles. The van der Waals surface area contributed by atoms with E-state index >= 15 is 0 Å². The first-order valence-corrected chi connectivity index (χ1v) is 3.84. The predicted molar refractivity (Wildman–Crippen MR) is 45.4 cm³/mol. The van der Waals surface area contributed by atoms with Crippen molar-refractivity contribution >= 4 is 12.2 Å². The fourth-order valence-electron chi connectivity index (χ4n) is 0.659. The van der Waals surface area contributed by atoms with E-state index in [9.17, 15) is 4.79 Å². The summed E-state index contributed by atoms with van der Waals surface area (Å²) in [6.45, 7) is 2.14. The second-order valence-electron chi connectivity index (χ2n) is 2.28. The standard InChI is InChI=1S/C7H15N3O/c1-2-3-4-5-6-9-10-7(8)11/h6H,2-5H2,1H3,(H3,8,10,11)/b9-6+.